The van der Waals surface area contributed by atoms with Gasteiger partial charge in [-0.25, -0.2) is 0 Å². The van der Waals surface area contributed by atoms with Crippen LogP contribution in [0.15, 0.2) is 98.1 Å². The van der Waals surface area contributed by atoms with E-state index in [4.69, 9.17) is 0 Å². The molecule has 2 aromatic rings. The molecule has 7 atom stereocenters. The third kappa shape index (κ3) is 3.52. The van der Waals surface area contributed by atoms with Crippen molar-refractivity contribution in [2.75, 3.05) is 0 Å². The van der Waals surface area contributed by atoms with Crippen molar-refractivity contribution in [1.82, 2.24) is 9.34 Å². The lowest BCUT2D eigenvalue weighted by Crippen LogP contribution is -2.48. The Balaban J connectivity index is 1.81. The lowest BCUT2D eigenvalue weighted by Gasteiger charge is -2.35. The van der Waals surface area contributed by atoms with Gasteiger partial charge in [0.1, 0.15) is 0 Å². The zero-order chi connectivity index (χ0) is 21.3. The van der Waals surface area contributed by atoms with Crippen LogP contribution in [0.4, 0.5) is 0 Å². The zero-order valence-corrected chi connectivity index (χ0v) is 18.6. The number of fused-ring (bicyclic) bond motifs is 1. The molecule has 0 aromatic heterocycles. The van der Waals surface area contributed by atoms with E-state index in [1.807, 2.05) is 24.3 Å². The van der Waals surface area contributed by atoms with Crippen LogP contribution in [0.1, 0.15) is 37.1 Å². The van der Waals surface area contributed by atoms with Gasteiger partial charge in [-0.3, -0.25) is 0 Å². The minimum absolute atomic E-state index is 0.0368. The second-order valence-electron chi connectivity index (χ2n) is 8.18. The number of benzene rings is 2. The first-order chi connectivity index (χ1) is 14.6. The van der Waals surface area contributed by atoms with Crippen molar-refractivity contribution in [2.45, 2.75) is 38.0 Å². The Bertz CT molecular complexity index is 867. The van der Waals surface area contributed by atoms with Gasteiger partial charge in [0.05, 0.1) is 24.2 Å². The second kappa shape index (κ2) is 8.81. The van der Waals surface area contributed by atoms with E-state index >= 15 is 0 Å². The molecule has 1 aliphatic heterocycles. The van der Waals surface area contributed by atoms with E-state index < -0.39 is 8.10 Å². The van der Waals surface area contributed by atoms with Crippen LogP contribution in [-0.2, 0) is 4.57 Å². The molecule has 30 heavy (non-hydrogen) atoms. The van der Waals surface area contributed by atoms with Gasteiger partial charge in [-0.2, -0.15) is 0 Å². The summed E-state index contributed by atoms with van der Waals surface area (Å²) in [6.07, 6.45) is 8.42. The lowest BCUT2D eigenvalue weighted by molar-refractivity contribution is 0.164. The molecule has 0 N–H and O–H groups in total. The predicted octanol–water partition coefficient (Wildman–Crippen LogP) is 6.70. The molecule has 0 saturated carbocycles. The van der Waals surface area contributed by atoms with Crippen LogP contribution in [0.5, 0.6) is 0 Å². The van der Waals surface area contributed by atoms with Crippen LogP contribution in [0.2, 0.25) is 0 Å². The van der Waals surface area contributed by atoms with Gasteiger partial charge in [0, 0.05) is 11.8 Å². The molecular formula is C26H30N2OP+. The molecule has 1 unspecified atom stereocenters. The lowest BCUT2D eigenvalue weighted by atomic mass is 9.78. The van der Waals surface area contributed by atoms with Gasteiger partial charge in [-0.1, -0.05) is 94.3 Å². The van der Waals surface area contributed by atoms with Crippen LogP contribution in [0, 0.1) is 11.8 Å². The van der Waals surface area contributed by atoms with Crippen molar-refractivity contribution in [3.63, 3.8) is 0 Å². The average molecular weight is 418 g/mol. The summed E-state index contributed by atoms with van der Waals surface area (Å²) in [5.41, 5.74) is 2.36. The Morgan fingerprint density at radius 2 is 1.13 bits per heavy atom. The van der Waals surface area contributed by atoms with E-state index in [0.29, 0.717) is 0 Å². The maximum Gasteiger partial charge on any atom is 0.539 e. The predicted molar refractivity (Wildman–Crippen MR) is 125 cm³/mol. The van der Waals surface area contributed by atoms with E-state index in [-0.39, 0.29) is 36.0 Å². The molecule has 4 heteroatoms. The normalized spacial score (nSPS) is 29.9. The Labute approximate surface area is 181 Å². The van der Waals surface area contributed by atoms with Gasteiger partial charge in [-0.15, -0.1) is 13.2 Å². The Morgan fingerprint density at radius 1 is 0.767 bits per heavy atom. The monoisotopic (exact) mass is 417 g/mol. The zero-order valence-electron chi connectivity index (χ0n) is 17.7. The third-order valence-corrected chi connectivity index (χ3v) is 8.62. The molecule has 1 heterocycles. The van der Waals surface area contributed by atoms with Gasteiger partial charge in [0.15, 0.2) is 0 Å². The first-order valence-corrected chi connectivity index (χ1v) is 11.8. The summed E-state index contributed by atoms with van der Waals surface area (Å²) in [7, 11) is -1.75. The third-order valence-electron chi connectivity index (χ3n) is 6.60. The maximum atomic E-state index is 14.1. The molecule has 1 aliphatic carbocycles. The molecular weight excluding hydrogens is 387 g/mol. The molecule has 1 saturated heterocycles. The summed E-state index contributed by atoms with van der Waals surface area (Å²) < 4.78 is 18.6. The average Bonchev–Trinajstić information content (AvgIpc) is 3.11. The fourth-order valence-corrected chi connectivity index (χ4v) is 7.11. The smallest absolute Gasteiger partial charge is 0.102 e. The number of hydrogen-bond donors (Lipinski definition) is 0. The molecule has 154 valence electrons. The van der Waals surface area contributed by atoms with E-state index in [0.717, 1.165) is 0 Å². The van der Waals surface area contributed by atoms with Crippen molar-refractivity contribution < 1.29 is 4.57 Å². The Hall–Kier alpha value is -2.32. The highest BCUT2D eigenvalue weighted by Gasteiger charge is 2.64. The van der Waals surface area contributed by atoms with Crippen LogP contribution >= 0.6 is 8.10 Å². The van der Waals surface area contributed by atoms with Gasteiger partial charge in [0.2, 0.25) is 0 Å². The van der Waals surface area contributed by atoms with Crippen molar-refractivity contribution >= 4 is 8.10 Å². The summed E-state index contributed by atoms with van der Waals surface area (Å²) in [5.74, 6) is 0.286. The summed E-state index contributed by atoms with van der Waals surface area (Å²) in [6, 6.07) is 21.0. The molecule has 0 bridgehead atoms. The van der Waals surface area contributed by atoms with Crippen LogP contribution in [-0.4, -0.2) is 21.4 Å². The first kappa shape index (κ1) is 20.9. The number of hydrogen-bond acceptors (Lipinski definition) is 1. The van der Waals surface area contributed by atoms with Gasteiger partial charge >= 0.3 is 8.10 Å². The van der Waals surface area contributed by atoms with E-state index in [1.165, 1.54) is 11.1 Å². The fourth-order valence-electron chi connectivity index (χ4n) is 4.97. The van der Waals surface area contributed by atoms with Gasteiger partial charge in [0.25, 0.3) is 0 Å². The molecule has 2 aromatic carbocycles. The highest BCUT2D eigenvalue weighted by molar-refractivity contribution is 7.39. The molecule has 0 spiro atoms. The Kier molecular flexibility index (Phi) is 6.15. The van der Waals surface area contributed by atoms with Crippen molar-refractivity contribution in [3.05, 3.63) is 109 Å². The molecule has 2 aliphatic rings. The van der Waals surface area contributed by atoms with Crippen LogP contribution in [0.25, 0.3) is 0 Å². The molecule has 4 rings (SSSR count). The fraction of sp³-hybridized carbons (Fsp3) is 0.308. The van der Waals surface area contributed by atoms with Crippen LogP contribution < -0.4 is 0 Å². The van der Waals surface area contributed by atoms with E-state index in [9.17, 15) is 4.57 Å². The van der Waals surface area contributed by atoms with Crippen molar-refractivity contribution in [2.24, 2.45) is 11.8 Å². The minimum atomic E-state index is -1.75. The molecule has 3 nitrogen and oxygen atoms in total. The van der Waals surface area contributed by atoms with Crippen molar-refractivity contribution in [1.29, 1.82) is 0 Å². The van der Waals surface area contributed by atoms with Crippen LogP contribution in [0.3, 0.4) is 0 Å². The van der Waals surface area contributed by atoms with Gasteiger partial charge in [-0.05, 0) is 29.5 Å². The molecule has 0 amide bonds. The summed E-state index contributed by atoms with van der Waals surface area (Å²) in [5, 5.41) is 0. The summed E-state index contributed by atoms with van der Waals surface area (Å²) >= 11 is 0. The number of rotatable bonds is 6. The quantitative estimate of drug-likeness (QED) is 0.386. The summed E-state index contributed by atoms with van der Waals surface area (Å²) in [6.45, 7) is 12.5. The highest BCUT2D eigenvalue weighted by Crippen LogP contribution is 2.58. The Morgan fingerprint density at radius 3 is 1.47 bits per heavy atom. The van der Waals surface area contributed by atoms with E-state index in [1.54, 1.807) is 0 Å². The topological polar surface area (TPSA) is 23.6 Å². The van der Waals surface area contributed by atoms with Gasteiger partial charge < -0.3 is 0 Å². The molecule has 0 radical (unpaired) electrons. The second-order valence-corrected chi connectivity index (χ2v) is 9.61. The van der Waals surface area contributed by atoms with Crippen molar-refractivity contribution in [3.8, 4) is 0 Å². The highest BCUT2D eigenvalue weighted by atomic mass is 31.1. The standard InChI is InChI=1S/C26H30N2OP/c1-5-21-17-18-22(6-2)26-25(21)27(19(3)23-13-9-7-10-14-23)30(29)28(26)20(4)24-15-11-8-12-16-24/h5-22,25-26H,1-2H2,3-4H3/q+1/t19-,20-,21-,22+,25+,26+/m0/s1. The SMILES string of the molecule is C=C[C@@H]1C=C[C@H](C=C)[C@@H]2[C@@H]1N([C@@H](C)c1ccccc1)[P+](=O)N2[C@@H](C)c1ccccc1. The number of nitrogens with zero attached hydrogens (tertiary/aromatic N) is 2. The molecule has 1 fully saturated rings. The van der Waals surface area contributed by atoms with E-state index in [2.05, 4.69) is 97.0 Å². The largest absolute Gasteiger partial charge is 0.539 e. The maximum absolute atomic E-state index is 14.1. The minimum Gasteiger partial charge on any atom is -0.102 e. The summed E-state index contributed by atoms with van der Waals surface area (Å²) in [4.78, 5) is 0. The first-order valence-electron chi connectivity index (χ1n) is 10.7.